The zero-order valence-corrected chi connectivity index (χ0v) is 8.22. The van der Waals surface area contributed by atoms with Crippen LogP contribution in [0, 0.1) is 0 Å². The molecule has 2 rings (SSSR count). The van der Waals surface area contributed by atoms with Gasteiger partial charge in [-0.1, -0.05) is 0 Å². The first-order valence-corrected chi connectivity index (χ1v) is 4.80. The van der Waals surface area contributed by atoms with Gasteiger partial charge in [0.15, 0.2) is 0 Å². The highest BCUT2D eigenvalue weighted by atomic mass is 16.2. The van der Waals surface area contributed by atoms with E-state index in [-0.39, 0.29) is 18.5 Å². The van der Waals surface area contributed by atoms with Crippen LogP contribution in [0.4, 0.5) is 4.79 Å². The smallest absolute Gasteiger partial charge is 0.324 e. The number of nitrogens with zero attached hydrogens (tertiary/aromatic N) is 3. The van der Waals surface area contributed by atoms with Gasteiger partial charge in [0.1, 0.15) is 6.54 Å². The van der Waals surface area contributed by atoms with E-state index in [0.717, 1.165) is 13.0 Å². The highest BCUT2D eigenvalue weighted by Gasteiger charge is 2.25. The minimum Gasteiger partial charge on any atom is -0.337 e. The van der Waals surface area contributed by atoms with E-state index in [1.54, 1.807) is 12.5 Å². The van der Waals surface area contributed by atoms with E-state index in [2.05, 4.69) is 10.3 Å². The molecule has 1 saturated heterocycles. The predicted molar refractivity (Wildman–Crippen MR) is 52.0 cm³/mol. The first-order chi connectivity index (χ1) is 7.25. The number of urea groups is 1. The summed E-state index contributed by atoms with van der Waals surface area (Å²) in [5.41, 5.74) is 0. The molecule has 3 amide bonds. The molecule has 1 aliphatic rings. The minimum atomic E-state index is -0.286. The molecule has 1 aliphatic heterocycles. The van der Waals surface area contributed by atoms with Gasteiger partial charge < -0.3 is 9.47 Å². The van der Waals surface area contributed by atoms with Gasteiger partial charge in [-0.05, 0) is 6.42 Å². The fourth-order valence-electron chi connectivity index (χ4n) is 1.53. The molecule has 15 heavy (non-hydrogen) atoms. The minimum absolute atomic E-state index is 0.183. The predicted octanol–water partition coefficient (Wildman–Crippen LogP) is -0.175. The van der Waals surface area contributed by atoms with E-state index in [4.69, 9.17) is 0 Å². The van der Waals surface area contributed by atoms with Gasteiger partial charge >= 0.3 is 6.03 Å². The number of imidazole rings is 1. The normalized spacial score (nSPS) is 15.9. The molecule has 1 N–H and O–H groups in total. The van der Waals surface area contributed by atoms with Crippen LogP contribution in [0.25, 0.3) is 0 Å². The molecule has 0 unspecified atom stereocenters. The highest BCUT2D eigenvalue weighted by Crippen LogP contribution is 2.00. The first-order valence-electron chi connectivity index (χ1n) is 4.80. The maximum absolute atomic E-state index is 11.2. The maximum atomic E-state index is 11.2. The molecular weight excluding hydrogens is 196 g/mol. The number of carbonyl (C=O) groups excluding carboxylic acids is 2. The average molecular weight is 208 g/mol. The number of amides is 3. The summed E-state index contributed by atoms with van der Waals surface area (Å²) >= 11 is 0. The molecule has 2 heterocycles. The quantitative estimate of drug-likeness (QED) is 0.698. The van der Waals surface area contributed by atoms with Crippen molar-refractivity contribution in [3.63, 3.8) is 0 Å². The number of nitrogens with one attached hydrogen (secondary N) is 1. The van der Waals surface area contributed by atoms with Crippen molar-refractivity contribution in [2.24, 2.45) is 0 Å². The van der Waals surface area contributed by atoms with Gasteiger partial charge in [-0.3, -0.25) is 10.1 Å². The van der Waals surface area contributed by atoms with E-state index >= 15 is 0 Å². The van der Waals surface area contributed by atoms with Gasteiger partial charge in [0.05, 0.1) is 6.33 Å². The number of aromatic nitrogens is 2. The Kier molecular flexibility index (Phi) is 2.66. The van der Waals surface area contributed by atoms with Gasteiger partial charge in [-0.2, -0.15) is 0 Å². The highest BCUT2D eigenvalue weighted by molar-refractivity contribution is 6.01. The number of carbonyl (C=O) groups is 2. The SMILES string of the molecule is O=C1CN(CCCn2ccnc2)C(=O)N1. The van der Waals surface area contributed by atoms with E-state index in [1.807, 2.05) is 10.8 Å². The molecule has 6 heteroatoms. The number of rotatable bonds is 4. The molecule has 0 atom stereocenters. The summed E-state index contributed by atoms with van der Waals surface area (Å²) in [5.74, 6) is -0.220. The molecule has 0 bridgehead atoms. The molecule has 0 aliphatic carbocycles. The molecule has 1 fully saturated rings. The third kappa shape index (κ3) is 2.34. The van der Waals surface area contributed by atoms with Crippen LogP contribution < -0.4 is 5.32 Å². The van der Waals surface area contributed by atoms with Crippen LogP contribution >= 0.6 is 0 Å². The summed E-state index contributed by atoms with van der Waals surface area (Å²) in [6, 6.07) is -0.286. The molecule has 0 aromatic carbocycles. The van der Waals surface area contributed by atoms with Crippen molar-refractivity contribution in [2.45, 2.75) is 13.0 Å². The Bertz CT molecular complexity index is 360. The van der Waals surface area contributed by atoms with Gasteiger partial charge in [0.25, 0.3) is 0 Å². The van der Waals surface area contributed by atoms with Gasteiger partial charge in [-0.15, -0.1) is 0 Å². The molecule has 1 aromatic rings. The maximum Gasteiger partial charge on any atom is 0.324 e. The number of hydrogen-bond acceptors (Lipinski definition) is 3. The van der Waals surface area contributed by atoms with Gasteiger partial charge in [-0.25, -0.2) is 9.78 Å². The van der Waals surface area contributed by atoms with Crippen LogP contribution in [0.1, 0.15) is 6.42 Å². The standard InChI is InChI=1S/C9H12N4O2/c14-8-6-13(9(15)11-8)4-1-3-12-5-2-10-7-12/h2,5,7H,1,3-4,6H2,(H,11,14,15). The van der Waals surface area contributed by atoms with Crippen molar-refractivity contribution < 1.29 is 9.59 Å². The number of hydrogen-bond donors (Lipinski definition) is 1. The molecule has 1 aromatic heterocycles. The fourth-order valence-corrected chi connectivity index (χ4v) is 1.53. The third-order valence-corrected chi connectivity index (χ3v) is 2.27. The van der Waals surface area contributed by atoms with Crippen molar-refractivity contribution in [1.82, 2.24) is 19.8 Å². The first kappa shape index (κ1) is 9.70. The molecule has 6 nitrogen and oxygen atoms in total. The molecular formula is C9H12N4O2. The summed E-state index contributed by atoms with van der Waals surface area (Å²) in [6.45, 7) is 1.58. The fraction of sp³-hybridized carbons (Fsp3) is 0.444. The Hall–Kier alpha value is -1.85. The molecule has 0 saturated carbocycles. The van der Waals surface area contributed by atoms with Crippen molar-refractivity contribution in [3.8, 4) is 0 Å². The Morgan fingerprint density at radius 1 is 1.40 bits per heavy atom. The summed E-state index contributed by atoms with van der Waals surface area (Å²) in [4.78, 5) is 27.4. The van der Waals surface area contributed by atoms with Crippen LogP contribution in [-0.2, 0) is 11.3 Å². The van der Waals surface area contributed by atoms with E-state index in [1.165, 1.54) is 4.90 Å². The summed E-state index contributed by atoms with van der Waals surface area (Å²) in [6.07, 6.45) is 6.13. The average Bonchev–Trinajstić information content (AvgIpc) is 2.77. The summed E-state index contributed by atoms with van der Waals surface area (Å²) in [5, 5.41) is 2.24. The molecule has 80 valence electrons. The lowest BCUT2D eigenvalue weighted by atomic mass is 10.4. The largest absolute Gasteiger partial charge is 0.337 e. The van der Waals surface area contributed by atoms with Crippen LogP contribution in [-0.4, -0.2) is 39.5 Å². The second-order valence-electron chi connectivity index (χ2n) is 3.43. The van der Waals surface area contributed by atoms with Crippen LogP contribution in [0.5, 0.6) is 0 Å². The van der Waals surface area contributed by atoms with E-state index < -0.39 is 0 Å². The Morgan fingerprint density at radius 2 is 2.27 bits per heavy atom. The molecule has 0 spiro atoms. The number of aryl methyl sites for hydroxylation is 1. The lowest BCUT2D eigenvalue weighted by molar-refractivity contribution is -0.118. The second-order valence-corrected chi connectivity index (χ2v) is 3.43. The van der Waals surface area contributed by atoms with Gasteiger partial charge in [0.2, 0.25) is 5.91 Å². The van der Waals surface area contributed by atoms with E-state index in [0.29, 0.717) is 6.54 Å². The zero-order valence-electron chi connectivity index (χ0n) is 8.22. The Labute approximate surface area is 86.9 Å². The van der Waals surface area contributed by atoms with E-state index in [9.17, 15) is 9.59 Å². The van der Waals surface area contributed by atoms with Crippen molar-refractivity contribution in [3.05, 3.63) is 18.7 Å². The van der Waals surface area contributed by atoms with Crippen molar-refractivity contribution in [2.75, 3.05) is 13.1 Å². The van der Waals surface area contributed by atoms with Crippen LogP contribution in [0.2, 0.25) is 0 Å². The second kappa shape index (κ2) is 4.12. The third-order valence-electron chi connectivity index (χ3n) is 2.27. The van der Waals surface area contributed by atoms with Crippen LogP contribution in [0.3, 0.4) is 0 Å². The lowest BCUT2D eigenvalue weighted by Crippen LogP contribution is -2.29. The summed E-state index contributed by atoms with van der Waals surface area (Å²) < 4.78 is 1.94. The topological polar surface area (TPSA) is 67.2 Å². The molecule has 0 radical (unpaired) electrons. The monoisotopic (exact) mass is 208 g/mol. The van der Waals surface area contributed by atoms with Crippen LogP contribution in [0.15, 0.2) is 18.7 Å². The lowest BCUT2D eigenvalue weighted by Gasteiger charge is -2.12. The number of imide groups is 1. The van der Waals surface area contributed by atoms with Crippen molar-refractivity contribution >= 4 is 11.9 Å². The Morgan fingerprint density at radius 3 is 2.87 bits per heavy atom. The van der Waals surface area contributed by atoms with Gasteiger partial charge in [0, 0.05) is 25.5 Å². The zero-order chi connectivity index (χ0) is 10.7. The van der Waals surface area contributed by atoms with Crippen molar-refractivity contribution in [1.29, 1.82) is 0 Å². The summed E-state index contributed by atoms with van der Waals surface area (Å²) in [7, 11) is 0. The Balaban J connectivity index is 1.74.